The largest absolute Gasteiger partial charge is 0.462 e. The molecule has 0 aromatic heterocycles. The minimum atomic E-state index is -2.03. The van der Waals surface area contributed by atoms with Crippen molar-refractivity contribution in [3.05, 3.63) is 63.1 Å². The smallest absolute Gasteiger partial charge is 0.363 e. The second-order valence-electron chi connectivity index (χ2n) is 5.66. The second kappa shape index (κ2) is 7.45. The Labute approximate surface area is 165 Å². The van der Waals surface area contributed by atoms with Crippen LogP contribution in [-0.4, -0.2) is 35.8 Å². The summed E-state index contributed by atoms with van der Waals surface area (Å²) in [6.45, 7) is 1.66. The van der Waals surface area contributed by atoms with Crippen LogP contribution in [0, 0.1) is 0 Å². The summed E-state index contributed by atoms with van der Waals surface area (Å²) in [5.74, 6) is -0.444. The van der Waals surface area contributed by atoms with Gasteiger partial charge in [-0.3, -0.25) is 0 Å². The normalized spacial score (nSPS) is 19.4. The molecule has 1 unspecified atom stereocenters. The van der Waals surface area contributed by atoms with E-state index < -0.39 is 11.7 Å². The summed E-state index contributed by atoms with van der Waals surface area (Å²) in [6.07, 6.45) is 0. The van der Waals surface area contributed by atoms with Crippen molar-refractivity contribution < 1.29 is 14.6 Å². The van der Waals surface area contributed by atoms with Gasteiger partial charge < -0.3 is 14.7 Å². The summed E-state index contributed by atoms with van der Waals surface area (Å²) < 4.78 is 4.97. The SMILES string of the molecule is CCOC(=O)C1(O)CN(c2ccc(Cl)cc2Cl)C(c2ccc(Cl)cc2)=N1. The molecule has 1 heterocycles. The van der Waals surface area contributed by atoms with Crippen LogP contribution < -0.4 is 4.90 Å². The average Bonchev–Trinajstić information content (AvgIpc) is 2.95. The highest BCUT2D eigenvalue weighted by Crippen LogP contribution is 2.35. The van der Waals surface area contributed by atoms with E-state index in [4.69, 9.17) is 39.5 Å². The highest BCUT2D eigenvalue weighted by Gasteiger charge is 2.46. The zero-order valence-corrected chi connectivity index (χ0v) is 16.0. The minimum absolute atomic E-state index is 0.134. The Balaban J connectivity index is 2.08. The van der Waals surface area contributed by atoms with Crippen LogP contribution in [0.15, 0.2) is 47.5 Å². The van der Waals surface area contributed by atoms with Crippen LogP contribution in [0.5, 0.6) is 0 Å². The standard InChI is InChI=1S/C18H15Cl3N2O3/c1-2-26-17(24)18(25)10-23(15-8-7-13(20)9-14(15)21)16(22-18)11-3-5-12(19)6-4-11/h3-9,25H,2,10H2,1H3. The molecule has 8 heteroatoms. The number of hydrogen-bond donors (Lipinski definition) is 1. The van der Waals surface area contributed by atoms with Crippen LogP contribution in [0.1, 0.15) is 12.5 Å². The number of nitrogens with zero attached hydrogens (tertiary/aromatic N) is 2. The number of carbonyl (C=O) groups excluding carboxylic acids is 1. The van der Waals surface area contributed by atoms with Crippen molar-refractivity contribution in [1.29, 1.82) is 0 Å². The summed E-state index contributed by atoms with van der Waals surface area (Å²) in [5.41, 5.74) is -0.806. The van der Waals surface area contributed by atoms with Crippen molar-refractivity contribution in [2.75, 3.05) is 18.1 Å². The van der Waals surface area contributed by atoms with Crippen LogP contribution in [0.2, 0.25) is 15.1 Å². The van der Waals surface area contributed by atoms with Gasteiger partial charge in [0.1, 0.15) is 5.84 Å². The van der Waals surface area contributed by atoms with Crippen molar-refractivity contribution in [1.82, 2.24) is 0 Å². The van der Waals surface area contributed by atoms with Gasteiger partial charge >= 0.3 is 5.97 Å². The van der Waals surface area contributed by atoms with E-state index in [2.05, 4.69) is 4.99 Å². The molecule has 1 aliphatic heterocycles. The van der Waals surface area contributed by atoms with Gasteiger partial charge in [0.15, 0.2) is 0 Å². The predicted octanol–water partition coefficient (Wildman–Crippen LogP) is 4.17. The van der Waals surface area contributed by atoms with E-state index in [-0.39, 0.29) is 13.2 Å². The molecule has 0 radical (unpaired) electrons. The lowest BCUT2D eigenvalue weighted by Gasteiger charge is -2.24. The molecule has 0 fully saturated rings. The van der Waals surface area contributed by atoms with Gasteiger partial charge in [0.25, 0.3) is 5.72 Å². The number of hydrogen-bond acceptors (Lipinski definition) is 5. The number of β-amino-alcohol motifs (C(OH)–C–C–N with tert-alkyl or cyclic N) is 1. The Morgan fingerprint density at radius 3 is 2.46 bits per heavy atom. The number of rotatable bonds is 4. The van der Waals surface area contributed by atoms with Crippen LogP contribution in [0.3, 0.4) is 0 Å². The monoisotopic (exact) mass is 412 g/mol. The predicted molar refractivity (Wildman–Crippen MR) is 103 cm³/mol. The van der Waals surface area contributed by atoms with Crippen LogP contribution in [0.25, 0.3) is 0 Å². The Morgan fingerprint density at radius 1 is 1.19 bits per heavy atom. The maximum Gasteiger partial charge on any atom is 0.363 e. The summed E-state index contributed by atoms with van der Waals surface area (Å²) in [4.78, 5) is 18.1. The Bertz CT molecular complexity index is 870. The van der Waals surface area contributed by atoms with Gasteiger partial charge in [-0.15, -0.1) is 0 Å². The number of esters is 1. The van der Waals surface area contributed by atoms with E-state index in [1.54, 1.807) is 54.3 Å². The third kappa shape index (κ3) is 3.67. The lowest BCUT2D eigenvalue weighted by atomic mass is 10.1. The molecular formula is C18H15Cl3N2O3. The van der Waals surface area contributed by atoms with Crippen molar-refractivity contribution in [3.63, 3.8) is 0 Å². The molecule has 0 amide bonds. The first-order chi connectivity index (χ1) is 12.3. The van der Waals surface area contributed by atoms with E-state index in [1.807, 2.05) is 0 Å². The van der Waals surface area contributed by atoms with Gasteiger partial charge in [0, 0.05) is 15.6 Å². The molecule has 0 spiro atoms. The first kappa shape index (κ1) is 19.0. The van der Waals surface area contributed by atoms with Crippen LogP contribution in [0.4, 0.5) is 5.69 Å². The van der Waals surface area contributed by atoms with Crippen molar-refractivity contribution >= 4 is 52.3 Å². The number of benzene rings is 2. The fraction of sp³-hybridized carbons (Fsp3) is 0.222. The molecule has 0 saturated carbocycles. The van der Waals surface area contributed by atoms with Crippen molar-refractivity contribution in [3.8, 4) is 0 Å². The maximum absolute atomic E-state index is 12.2. The molecular weight excluding hydrogens is 399 g/mol. The summed E-state index contributed by atoms with van der Waals surface area (Å²) >= 11 is 18.2. The number of halogens is 3. The summed E-state index contributed by atoms with van der Waals surface area (Å²) in [7, 11) is 0. The molecule has 1 N–H and O–H groups in total. The molecule has 2 aromatic carbocycles. The molecule has 2 aromatic rings. The average molecular weight is 414 g/mol. The lowest BCUT2D eigenvalue weighted by molar-refractivity contribution is -0.162. The topological polar surface area (TPSA) is 62.1 Å². The zero-order chi connectivity index (χ0) is 18.9. The molecule has 1 aliphatic rings. The third-order valence-electron chi connectivity index (χ3n) is 3.83. The number of aliphatic imine (C=N–C) groups is 1. The molecule has 0 saturated heterocycles. The fourth-order valence-electron chi connectivity index (χ4n) is 2.64. The number of carbonyl (C=O) groups is 1. The molecule has 3 rings (SSSR count). The summed E-state index contributed by atoms with van der Waals surface area (Å²) in [5, 5.41) is 12.2. The summed E-state index contributed by atoms with van der Waals surface area (Å²) in [6, 6.07) is 11.8. The van der Waals surface area contributed by atoms with Gasteiger partial charge in [-0.05, 0) is 49.4 Å². The quantitative estimate of drug-likeness (QED) is 0.764. The molecule has 1 atom stereocenters. The highest BCUT2D eigenvalue weighted by molar-refractivity contribution is 6.37. The maximum atomic E-state index is 12.2. The Morgan fingerprint density at radius 2 is 1.85 bits per heavy atom. The first-order valence-corrected chi connectivity index (χ1v) is 8.95. The van der Waals surface area contributed by atoms with Gasteiger partial charge in [-0.1, -0.05) is 34.8 Å². The highest BCUT2D eigenvalue weighted by atomic mass is 35.5. The van der Waals surface area contributed by atoms with Gasteiger partial charge in [0.2, 0.25) is 0 Å². The van der Waals surface area contributed by atoms with Crippen LogP contribution >= 0.6 is 34.8 Å². The molecule has 5 nitrogen and oxygen atoms in total. The first-order valence-electron chi connectivity index (χ1n) is 7.82. The molecule has 136 valence electrons. The molecule has 0 aliphatic carbocycles. The second-order valence-corrected chi connectivity index (χ2v) is 6.94. The third-order valence-corrected chi connectivity index (χ3v) is 4.62. The number of anilines is 1. The van der Waals surface area contributed by atoms with Gasteiger partial charge in [-0.2, -0.15) is 0 Å². The van der Waals surface area contributed by atoms with Crippen LogP contribution in [-0.2, 0) is 9.53 Å². The number of amidine groups is 1. The van der Waals surface area contributed by atoms with Crippen molar-refractivity contribution in [2.24, 2.45) is 4.99 Å². The van der Waals surface area contributed by atoms with E-state index >= 15 is 0 Å². The van der Waals surface area contributed by atoms with E-state index in [0.29, 0.717) is 32.2 Å². The van der Waals surface area contributed by atoms with E-state index in [9.17, 15) is 9.90 Å². The fourth-order valence-corrected chi connectivity index (χ4v) is 3.28. The zero-order valence-electron chi connectivity index (χ0n) is 13.7. The number of aliphatic hydroxyl groups is 1. The van der Waals surface area contributed by atoms with Crippen molar-refractivity contribution in [2.45, 2.75) is 12.6 Å². The Kier molecular flexibility index (Phi) is 5.44. The lowest BCUT2D eigenvalue weighted by Crippen LogP contribution is -2.43. The molecule has 0 bridgehead atoms. The number of ether oxygens (including phenoxy) is 1. The van der Waals surface area contributed by atoms with Gasteiger partial charge in [0.05, 0.1) is 23.9 Å². The molecule has 26 heavy (non-hydrogen) atoms. The van der Waals surface area contributed by atoms with Gasteiger partial charge in [-0.25, -0.2) is 9.79 Å². The minimum Gasteiger partial charge on any atom is -0.462 e. The van der Waals surface area contributed by atoms with E-state index in [1.165, 1.54) is 0 Å². The van der Waals surface area contributed by atoms with E-state index in [0.717, 1.165) is 0 Å². The Hall–Kier alpha value is -1.79.